The minimum absolute atomic E-state index is 0.0176. The van der Waals surface area contributed by atoms with Crippen LogP contribution >= 0.6 is 11.6 Å². The molecule has 1 aromatic carbocycles. The van der Waals surface area contributed by atoms with E-state index in [0.29, 0.717) is 17.5 Å². The molecule has 1 heterocycles. The lowest BCUT2D eigenvalue weighted by atomic mass is 9.93. The molecule has 1 aliphatic heterocycles. The van der Waals surface area contributed by atoms with E-state index in [-0.39, 0.29) is 12.0 Å². The second-order valence-corrected chi connectivity index (χ2v) is 5.77. The van der Waals surface area contributed by atoms with Crippen LogP contribution in [0.25, 0.3) is 0 Å². The van der Waals surface area contributed by atoms with Gasteiger partial charge in [0, 0.05) is 11.7 Å². The number of hydrogen-bond donors (Lipinski definition) is 3. The van der Waals surface area contributed by atoms with Crippen LogP contribution in [0, 0.1) is 0 Å². The Labute approximate surface area is 117 Å². The first-order valence-corrected chi connectivity index (χ1v) is 7.06. The zero-order valence-corrected chi connectivity index (χ0v) is 11.3. The SMILES string of the molecule is O=C1Cc2cc(NC3CCC(O)CC3)c(Cl)cc2N1. The van der Waals surface area contributed by atoms with Gasteiger partial charge in [-0.15, -0.1) is 0 Å². The molecule has 1 amide bonds. The Hall–Kier alpha value is -1.26. The van der Waals surface area contributed by atoms with E-state index >= 15 is 0 Å². The van der Waals surface area contributed by atoms with Crippen molar-refractivity contribution in [2.75, 3.05) is 10.6 Å². The third-order valence-electron chi connectivity index (χ3n) is 3.87. The molecular formula is C14H17ClN2O2. The summed E-state index contributed by atoms with van der Waals surface area (Å²) in [5, 5.41) is 16.4. The summed E-state index contributed by atoms with van der Waals surface area (Å²) in [7, 11) is 0. The Morgan fingerprint density at radius 1 is 1.26 bits per heavy atom. The molecule has 4 nitrogen and oxygen atoms in total. The maximum Gasteiger partial charge on any atom is 0.228 e. The summed E-state index contributed by atoms with van der Waals surface area (Å²) in [6.45, 7) is 0. The zero-order valence-electron chi connectivity index (χ0n) is 10.6. The average molecular weight is 281 g/mol. The highest BCUT2D eigenvalue weighted by Gasteiger charge is 2.22. The minimum Gasteiger partial charge on any atom is -0.393 e. The number of benzene rings is 1. The van der Waals surface area contributed by atoms with Crippen LogP contribution in [0.15, 0.2) is 12.1 Å². The lowest BCUT2D eigenvalue weighted by molar-refractivity contribution is -0.115. The van der Waals surface area contributed by atoms with Crippen molar-refractivity contribution in [3.63, 3.8) is 0 Å². The third kappa shape index (κ3) is 2.69. The highest BCUT2D eigenvalue weighted by atomic mass is 35.5. The topological polar surface area (TPSA) is 61.4 Å². The zero-order chi connectivity index (χ0) is 13.4. The van der Waals surface area contributed by atoms with Gasteiger partial charge >= 0.3 is 0 Å². The number of hydrogen-bond acceptors (Lipinski definition) is 3. The molecule has 1 saturated carbocycles. The van der Waals surface area contributed by atoms with E-state index in [2.05, 4.69) is 10.6 Å². The van der Waals surface area contributed by atoms with Crippen LogP contribution in [0.4, 0.5) is 11.4 Å². The largest absolute Gasteiger partial charge is 0.393 e. The summed E-state index contributed by atoms with van der Waals surface area (Å²) in [6.07, 6.45) is 3.83. The number of anilines is 2. The Bertz CT molecular complexity index is 510. The first kappa shape index (κ1) is 12.8. The number of halogens is 1. The van der Waals surface area contributed by atoms with E-state index in [1.54, 1.807) is 0 Å². The molecular weight excluding hydrogens is 264 g/mol. The summed E-state index contributed by atoms with van der Waals surface area (Å²) >= 11 is 6.24. The lowest BCUT2D eigenvalue weighted by Gasteiger charge is -2.27. The van der Waals surface area contributed by atoms with Crippen molar-refractivity contribution in [1.29, 1.82) is 0 Å². The van der Waals surface area contributed by atoms with E-state index in [4.69, 9.17) is 11.6 Å². The monoisotopic (exact) mass is 280 g/mol. The second-order valence-electron chi connectivity index (χ2n) is 5.36. The van der Waals surface area contributed by atoms with Gasteiger partial charge in [-0.1, -0.05) is 11.6 Å². The first-order valence-electron chi connectivity index (χ1n) is 6.68. The molecule has 0 radical (unpaired) electrons. The van der Waals surface area contributed by atoms with Gasteiger partial charge in [0.25, 0.3) is 0 Å². The van der Waals surface area contributed by atoms with Crippen molar-refractivity contribution in [2.45, 2.75) is 44.2 Å². The molecule has 0 atom stereocenters. The predicted octanol–water partition coefficient (Wildman–Crippen LogP) is 2.55. The van der Waals surface area contributed by atoms with Gasteiger partial charge in [0.15, 0.2) is 0 Å². The quantitative estimate of drug-likeness (QED) is 0.780. The molecule has 3 rings (SSSR count). The van der Waals surface area contributed by atoms with Gasteiger partial charge < -0.3 is 15.7 Å². The van der Waals surface area contributed by atoms with Crippen LogP contribution in [-0.2, 0) is 11.2 Å². The van der Waals surface area contributed by atoms with E-state index in [1.807, 2.05) is 12.1 Å². The molecule has 1 aromatic rings. The normalized spacial score (nSPS) is 25.9. The van der Waals surface area contributed by atoms with Crippen molar-refractivity contribution in [1.82, 2.24) is 0 Å². The Kier molecular flexibility index (Phi) is 3.37. The third-order valence-corrected chi connectivity index (χ3v) is 4.19. The number of carbonyl (C=O) groups excluding carboxylic acids is 1. The summed E-state index contributed by atoms with van der Waals surface area (Å²) < 4.78 is 0. The molecule has 0 aromatic heterocycles. The van der Waals surface area contributed by atoms with Gasteiger partial charge in [-0.25, -0.2) is 0 Å². The predicted molar refractivity (Wildman–Crippen MR) is 75.7 cm³/mol. The Morgan fingerprint density at radius 2 is 2.00 bits per heavy atom. The fraction of sp³-hybridized carbons (Fsp3) is 0.500. The summed E-state index contributed by atoms with van der Waals surface area (Å²) in [5.74, 6) is 0.0176. The number of amides is 1. The molecule has 0 spiro atoms. The van der Waals surface area contributed by atoms with E-state index in [9.17, 15) is 9.90 Å². The Balaban J connectivity index is 1.75. The van der Waals surface area contributed by atoms with Crippen LogP contribution in [0.3, 0.4) is 0 Å². The van der Waals surface area contributed by atoms with Crippen molar-refractivity contribution in [2.24, 2.45) is 0 Å². The average Bonchev–Trinajstić information content (AvgIpc) is 2.72. The van der Waals surface area contributed by atoms with Gasteiger partial charge in [0.05, 0.1) is 23.2 Å². The van der Waals surface area contributed by atoms with Crippen molar-refractivity contribution >= 4 is 28.9 Å². The van der Waals surface area contributed by atoms with E-state index < -0.39 is 0 Å². The molecule has 0 bridgehead atoms. The summed E-state index contributed by atoms with van der Waals surface area (Å²) in [6, 6.07) is 4.12. The van der Waals surface area contributed by atoms with Gasteiger partial charge in [0.1, 0.15) is 0 Å². The fourth-order valence-electron chi connectivity index (χ4n) is 2.80. The van der Waals surface area contributed by atoms with Gasteiger partial charge in [-0.05, 0) is 43.4 Å². The van der Waals surface area contributed by atoms with Crippen LogP contribution in [-0.4, -0.2) is 23.2 Å². The fourth-order valence-corrected chi connectivity index (χ4v) is 3.02. The highest BCUT2D eigenvalue weighted by molar-refractivity contribution is 6.33. The van der Waals surface area contributed by atoms with Crippen molar-refractivity contribution in [3.05, 3.63) is 22.7 Å². The van der Waals surface area contributed by atoms with E-state index in [0.717, 1.165) is 42.6 Å². The number of rotatable bonds is 2. The van der Waals surface area contributed by atoms with Crippen LogP contribution in [0.2, 0.25) is 5.02 Å². The summed E-state index contributed by atoms with van der Waals surface area (Å²) in [4.78, 5) is 11.3. The molecule has 3 N–H and O–H groups in total. The molecule has 102 valence electrons. The first-order chi connectivity index (χ1) is 9.11. The number of nitrogens with one attached hydrogen (secondary N) is 2. The van der Waals surface area contributed by atoms with Crippen LogP contribution in [0.5, 0.6) is 0 Å². The van der Waals surface area contributed by atoms with E-state index in [1.165, 1.54) is 0 Å². The van der Waals surface area contributed by atoms with Crippen LogP contribution in [0.1, 0.15) is 31.2 Å². The van der Waals surface area contributed by atoms with Gasteiger partial charge in [-0.3, -0.25) is 4.79 Å². The lowest BCUT2D eigenvalue weighted by Crippen LogP contribution is -2.28. The molecule has 1 aliphatic carbocycles. The van der Waals surface area contributed by atoms with Crippen molar-refractivity contribution < 1.29 is 9.90 Å². The molecule has 1 fully saturated rings. The number of aliphatic hydroxyl groups is 1. The van der Waals surface area contributed by atoms with Gasteiger partial charge in [-0.2, -0.15) is 0 Å². The second kappa shape index (κ2) is 5.02. The highest BCUT2D eigenvalue weighted by Crippen LogP contribution is 2.34. The molecule has 0 unspecified atom stereocenters. The molecule has 2 aliphatic rings. The van der Waals surface area contributed by atoms with Crippen molar-refractivity contribution in [3.8, 4) is 0 Å². The summed E-state index contributed by atoms with van der Waals surface area (Å²) in [5.41, 5.74) is 2.70. The molecule has 5 heteroatoms. The Morgan fingerprint density at radius 3 is 2.74 bits per heavy atom. The van der Waals surface area contributed by atoms with Gasteiger partial charge in [0.2, 0.25) is 5.91 Å². The number of carbonyl (C=O) groups is 1. The number of fused-ring (bicyclic) bond motifs is 1. The molecule has 0 saturated heterocycles. The standard InChI is InChI=1S/C14H17ClN2O2/c15-11-7-12-8(6-14(19)17-12)5-13(11)16-9-1-3-10(18)4-2-9/h5,7,9-10,16,18H,1-4,6H2,(H,17,19). The maximum absolute atomic E-state index is 11.3. The maximum atomic E-state index is 11.3. The van der Waals surface area contributed by atoms with Crippen LogP contribution < -0.4 is 10.6 Å². The number of aliphatic hydroxyl groups excluding tert-OH is 1. The minimum atomic E-state index is -0.157. The molecule has 19 heavy (non-hydrogen) atoms. The smallest absolute Gasteiger partial charge is 0.228 e.